The molecule has 4 nitrogen and oxygen atoms in total. The second-order valence-corrected chi connectivity index (χ2v) is 8.95. The van der Waals surface area contributed by atoms with Gasteiger partial charge >= 0.3 is 0 Å². The lowest BCUT2D eigenvalue weighted by Crippen LogP contribution is -2.62. The zero-order chi connectivity index (χ0) is 19.3. The second-order valence-electron chi connectivity index (χ2n) is 6.66. The Balaban J connectivity index is 2.10. The molecule has 2 heterocycles. The SMILES string of the molecule is CN1C(=N)N[C@](C)(c2csc(Br)c2)[C@@H](c2ccc(C(C)(F)F)cc2)C1=O. The number of nitrogens with zero attached hydrogens (tertiary/aromatic N) is 1. The van der Waals surface area contributed by atoms with Gasteiger partial charge < -0.3 is 5.32 Å². The fourth-order valence-corrected chi connectivity index (χ4v) is 4.49. The second kappa shape index (κ2) is 6.42. The lowest BCUT2D eigenvalue weighted by atomic mass is 9.74. The number of benzene rings is 1. The molecule has 0 bridgehead atoms. The lowest BCUT2D eigenvalue weighted by molar-refractivity contribution is -0.131. The molecule has 2 aromatic rings. The number of halogens is 3. The van der Waals surface area contributed by atoms with Crippen LogP contribution in [0.1, 0.15) is 36.5 Å². The number of guanidine groups is 1. The number of hydrogen-bond acceptors (Lipinski definition) is 3. The van der Waals surface area contributed by atoms with Crippen molar-refractivity contribution in [3.05, 3.63) is 56.2 Å². The number of likely N-dealkylation sites (N-methyl/N-ethyl adjacent to an activating group) is 1. The van der Waals surface area contributed by atoms with Crippen LogP contribution in [0, 0.1) is 5.41 Å². The van der Waals surface area contributed by atoms with Crippen LogP contribution in [0.25, 0.3) is 0 Å². The van der Waals surface area contributed by atoms with Crippen LogP contribution < -0.4 is 5.32 Å². The number of amides is 1. The Morgan fingerprint density at radius 3 is 2.46 bits per heavy atom. The highest BCUT2D eigenvalue weighted by molar-refractivity contribution is 9.11. The van der Waals surface area contributed by atoms with E-state index >= 15 is 0 Å². The Bertz CT molecular complexity index is 862. The van der Waals surface area contributed by atoms with Crippen molar-refractivity contribution >= 4 is 39.1 Å². The minimum absolute atomic E-state index is 0.00721. The molecule has 0 radical (unpaired) electrons. The van der Waals surface area contributed by atoms with E-state index in [9.17, 15) is 13.6 Å². The summed E-state index contributed by atoms with van der Waals surface area (Å²) >= 11 is 4.92. The van der Waals surface area contributed by atoms with Gasteiger partial charge in [-0.2, -0.15) is 0 Å². The van der Waals surface area contributed by atoms with Gasteiger partial charge in [-0.25, -0.2) is 8.78 Å². The van der Waals surface area contributed by atoms with Crippen LogP contribution >= 0.6 is 27.3 Å². The Hall–Kier alpha value is -1.80. The molecule has 1 aromatic carbocycles. The first kappa shape index (κ1) is 19.0. The van der Waals surface area contributed by atoms with E-state index in [2.05, 4.69) is 21.2 Å². The summed E-state index contributed by atoms with van der Waals surface area (Å²) in [5.74, 6) is -3.83. The van der Waals surface area contributed by atoms with Crippen LogP contribution in [0.5, 0.6) is 0 Å². The highest BCUT2D eigenvalue weighted by Crippen LogP contribution is 2.43. The quantitative estimate of drug-likeness (QED) is 0.729. The molecule has 3 rings (SSSR count). The van der Waals surface area contributed by atoms with E-state index in [0.717, 1.165) is 16.3 Å². The van der Waals surface area contributed by atoms with Gasteiger partial charge in [0.25, 0.3) is 5.92 Å². The van der Waals surface area contributed by atoms with E-state index in [4.69, 9.17) is 5.41 Å². The fraction of sp³-hybridized carbons (Fsp3) is 0.333. The summed E-state index contributed by atoms with van der Waals surface area (Å²) in [6.45, 7) is 2.70. The molecule has 0 unspecified atom stereocenters. The molecule has 0 aliphatic carbocycles. The Labute approximate surface area is 162 Å². The largest absolute Gasteiger partial charge is 0.346 e. The first-order valence-electron chi connectivity index (χ1n) is 7.91. The van der Waals surface area contributed by atoms with Crippen molar-refractivity contribution in [2.24, 2.45) is 0 Å². The van der Waals surface area contributed by atoms with Crippen LogP contribution in [0.4, 0.5) is 8.78 Å². The molecule has 8 heteroatoms. The van der Waals surface area contributed by atoms with E-state index < -0.39 is 17.4 Å². The van der Waals surface area contributed by atoms with E-state index in [0.29, 0.717) is 5.56 Å². The Morgan fingerprint density at radius 1 is 1.35 bits per heavy atom. The van der Waals surface area contributed by atoms with Gasteiger partial charge in [-0.05, 0) is 45.4 Å². The number of carbonyl (C=O) groups is 1. The molecule has 1 aromatic heterocycles. The van der Waals surface area contributed by atoms with Gasteiger partial charge in [-0.15, -0.1) is 11.3 Å². The molecule has 138 valence electrons. The minimum Gasteiger partial charge on any atom is -0.346 e. The summed E-state index contributed by atoms with van der Waals surface area (Å²) < 4.78 is 27.9. The molecule has 1 saturated heterocycles. The number of thiophene rings is 1. The van der Waals surface area contributed by atoms with Gasteiger partial charge in [-0.3, -0.25) is 15.1 Å². The Morgan fingerprint density at radius 2 is 1.96 bits per heavy atom. The lowest BCUT2D eigenvalue weighted by Gasteiger charge is -2.45. The number of carbonyl (C=O) groups excluding carboxylic acids is 1. The summed E-state index contributed by atoms with van der Waals surface area (Å²) in [4.78, 5) is 14.2. The Kier molecular flexibility index (Phi) is 4.69. The van der Waals surface area contributed by atoms with Crippen molar-refractivity contribution in [3.8, 4) is 0 Å². The summed E-state index contributed by atoms with van der Waals surface area (Å²) in [6.07, 6.45) is 0. The molecular formula is C18H18BrF2N3OS. The molecule has 1 amide bonds. The van der Waals surface area contributed by atoms with Crippen molar-refractivity contribution in [2.75, 3.05) is 7.05 Å². The fourth-order valence-electron chi connectivity index (χ4n) is 3.22. The van der Waals surface area contributed by atoms with Crippen molar-refractivity contribution in [1.82, 2.24) is 10.2 Å². The number of hydrogen-bond donors (Lipinski definition) is 2. The molecule has 1 fully saturated rings. The molecule has 2 atom stereocenters. The molecule has 26 heavy (non-hydrogen) atoms. The number of alkyl halides is 2. The predicted octanol–water partition coefficient (Wildman–Crippen LogP) is 4.62. The van der Waals surface area contributed by atoms with Gasteiger partial charge in [0.15, 0.2) is 5.96 Å². The van der Waals surface area contributed by atoms with Gasteiger partial charge in [0.05, 0.1) is 15.2 Å². The minimum atomic E-state index is -2.94. The van der Waals surface area contributed by atoms with Crippen LogP contribution in [0.3, 0.4) is 0 Å². The average molecular weight is 442 g/mol. The smallest absolute Gasteiger partial charge is 0.270 e. The van der Waals surface area contributed by atoms with Gasteiger partial charge in [0.1, 0.15) is 0 Å². The molecule has 0 saturated carbocycles. The van der Waals surface area contributed by atoms with Crippen molar-refractivity contribution in [3.63, 3.8) is 0 Å². The average Bonchev–Trinajstić information content (AvgIpc) is 3.00. The molecule has 1 aliphatic heterocycles. The van der Waals surface area contributed by atoms with E-state index in [1.54, 1.807) is 12.1 Å². The third-order valence-corrected chi connectivity index (χ3v) is 6.29. The van der Waals surface area contributed by atoms with Gasteiger partial charge in [-0.1, -0.05) is 24.3 Å². The maximum Gasteiger partial charge on any atom is 0.270 e. The molecule has 0 spiro atoms. The van der Waals surface area contributed by atoms with Crippen LogP contribution in [0.2, 0.25) is 0 Å². The highest BCUT2D eigenvalue weighted by Gasteiger charge is 2.48. The predicted molar refractivity (Wildman–Crippen MR) is 102 cm³/mol. The molecule has 1 aliphatic rings. The zero-order valence-electron chi connectivity index (χ0n) is 14.4. The third-order valence-electron chi connectivity index (χ3n) is 4.79. The summed E-state index contributed by atoms with van der Waals surface area (Å²) in [7, 11) is 1.53. The first-order chi connectivity index (χ1) is 12.0. The van der Waals surface area contributed by atoms with Crippen LogP contribution in [0.15, 0.2) is 39.5 Å². The van der Waals surface area contributed by atoms with Crippen molar-refractivity contribution in [2.45, 2.75) is 31.2 Å². The van der Waals surface area contributed by atoms with Crippen molar-refractivity contribution in [1.29, 1.82) is 5.41 Å². The number of rotatable bonds is 3. The monoisotopic (exact) mass is 441 g/mol. The summed E-state index contributed by atoms with van der Waals surface area (Å²) in [5, 5.41) is 13.1. The highest BCUT2D eigenvalue weighted by atomic mass is 79.9. The maximum absolute atomic E-state index is 13.5. The van der Waals surface area contributed by atoms with Gasteiger partial charge in [0.2, 0.25) is 5.91 Å². The molecular weight excluding hydrogens is 424 g/mol. The normalized spacial score (nSPS) is 23.9. The maximum atomic E-state index is 13.5. The first-order valence-corrected chi connectivity index (χ1v) is 9.58. The van der Waals surface area contributed by atoms with Crippen molar-refractivity contribution < 1.29 is 13.6 Å². The molecule has 2 N–H and O–H groups in total. The van der Waals surface area contributed by atoms with E-state index in [1.807, 2.05) is 18.4 Å². The third kappa shape index (κ3) is 3.16. The summed E-state index contributed by atoms with van der Waals surface area (Å²) in [5.41, 5.74) is 0.521. The zero-order valence-corrected chi connectivity index (χ0v) is 16.8. The number of nitrogens with one attached hydrogen (secondary N) is 2. The van der Waals surface area contributed by atoms with E-state index in [1.165, 1.54) is 35.4 Å². The summed E-state index contributed by atoms with van der Waals surface area (Å²) in [6, 6.07) is 7.75. The van der Waals surface area contributed by atoms with E-state index in [-0.39, 0.29) is 17.4 Å². The van der Waals surface area contributed by atoms with Gasteiger partial charge in [0, 0.05) is 19.5 Å². The topological polar surface area (TPSA) is 56.2 Å². The standard InChI is InChI=1S/C18H18BrF2N3OS/c1-17(12-8-13(19)26-9-12)14(15(25)24(3)16(22)23-17)10-4-6-11(7-5-10)18(2,20)21/h4-9,14H,1-3H3,(H2,22,23)/t14-,17+/m0/s1. The van der Waals surface area contributed by atoms with Crippen LogP contribution in [-0.4, -0.2) is 23.8 Å². The van der Waals surface area contributed by atoms with Crippen LogP contribution in [-0.2, 0) is 16.3 Å².